The first kappa shape index (κ1) is 12.0. The van der Waals surface area contributed by atoms with E-state index in [1.807, 2.05) is 4.90 Å². The van der Waals surface area contributed by atoms with E-state index in [1.165, 1.54) is 16.9 Å². The van der Waals surface area contributed by atoms with E-state index < -0.39 is 0 Å². The first-order chi connectivity index (χ1) is 8.84. The Morgan fingerprint density at radius 1 is 1.44 bits per heavy atom. The van der Waals surface area contributed by atoms with Crippen molar-refractivity contribution >= 4 is 17.4 Å². The number of hydrogen-bond donors (Lipinski definition) is 1. The van der Waals surface area contributed by atoms with E-state index in [0.717, 1.165) is 12.8 Å². The predicted molar refractivity (Wildman–Crippen MR) is 70.9 cm³/mol. The van der Waals surface area contributed by atoms with E-state index in [0.29, 0.717) is 26.3 Å². The number of thiophene rings is 1. The molecule has 18 heavy (non-hydrogen) atoms. The highest BCUT2D eigenvalue weighted by Gasteiger charge is 2.25. The zero-order chi connectivity index (χ0) is 12.4. The number of carbonyl (C=O) groups is 1. The third kappa shape index (κ3) is 2.37. The molecule has 0 bridgehead atoms. The third-order valence-corrected chi connectivity index (χ3v) is 4.64. The van der Waals surface area contributed by atoms with Crippen LogP contribution in [-0.2, 0) is 11.2 Å². The molecule has 0 spiro atoms. The van der Waals surface area contributed by atoms with Crippen molar-refractivity contribution in [3.63, 3.8) is 0 Å². The second kappa shape index (κ2) is 5.28. The Balaban J connectivity index is 1.65. The van der Waals surface area contributed by atoms with E-state index in [2.05, 4.69) is 16.8 Å². The largest absolute Gasteiger partial charge is 0.378 e. The van der Waals surface area contributed by atoms with Gasteiger partial charge in [0.25, 0.3) is 0 Å². The van der Waals surface area contributed by atoms with Crippen LogP contribution in [0.25, 0.3) is 0 Å². The normalized spacial score (nSPS) is 23.6. The minimum Gasteiger partial charge on any atom is -0.378 e. The molecule has 1 aromatic rings. The second-order valence-electron chi connectivity index (χ2n) is 4.79. The van der Waals surface area contributed by atoms with Gasteiger partial charge < -0.3 is 15.0 Å². The number of nitrogens with zero attached hydrogens (tertiary/aromatic N) is 1. The zero-order valence-corrected chi connectivity index (χ0v) is 11.2. The van der Waals surface area contributed by atoms with E-state index in [-0.39, 0.29) is 12.1 Å². The number of carbonyl (C=O) groups excluding carboxylic acids is 1. The van der Waals surface area contributed by atoms with Crippen molar-refractivity contribution in [2.45, 2.75) is 25.3 Å². The molecule has 0 aromatic carbocycles. The van der Waals surface area contributed by atoms with Gasteiger partial charge in [-0.15, -0.1) is 11.3 Å². The Bertz CT molecular complexity index is 426. The first-order valence-electron chi connectivity index (χ1n) is 6.54. The van der Waals surface area contributed by atoms with Crippen LogP contribution in [0.4, 0.5) is 4.79 Å². The summed E-state index contributed by atoms with van der Waals surface area (Å²) in [7, 11) is 0. The van der Waals surface area contributed by atoms with Crippen molar-refractivity contribution < 1.29 is 9.53 Å². The lowest BCUT2D eigenvalue weighted by atomic mass is 9.94. The standard InChI is InChI=1S/C13H18N2O2S/c16-13(15-5-7-17-8-6-15)14-11-2-1-3-12-10(11)4-9-18-12/h4,9,11H,1-3,5-8H2,(H,14,16). The minimum absolute atomic E-state index is 0.0577. The van der Waals surface area contributed by atoms with Crippen LogP contribution in [0.3, 0.4) is 0 Å². The van der Waals surface area contributed by atoms with Crippen molar-refractivity contribution in [3.8, 4) is 0 Å². The van der Waals surface area contributed by atoms with Crippen molar-refractivity contribution in [1.29, 1.82) is 0 Å². The van der Waals surface area contributed by atoms with E-state index in [1.54, 1.807) is 11.3 Å². The number of ether oxygens (including phenoxy) is 1. The van der Waals surface area contributed by atoms with Crippen molar-refractivity contribution in [3.05, 3.63) is 21.9 Å². The molecule has 2 aliphatic rings. The molecule has 1 aliphatic heterocycles. The van der Waals surface area contributed by atoms with E-state index >= 15 is 0 Å². The molecule has 1 aromatic heterocycles. The summed E-state index contributed by atoms with van der Waals surface area (Å²) >= 11 is 1.81. The summed E-state index contributed by atoms with van der Waals surface area (Å²) in [4.78, 5) is 15.5. The lowest BCUT2D eigenvalue weighted by Crippen LogP contribution is -2.47. The number of morpholine rings is 1. The molecule has 1 N–H and O–H groups in total. The SMILES string of the molecule is O=C(NC1CCCc2sccc21)N1CCOCC1. The average Bonchev–Trinajstić information content (AvgIpc) is 2.89. The number of nitrogens with one attached hydrogen (secondary N) is 1. The highest BCUT2D eigenvalue weighted by molar-refractivity contribution is 7.10. The van der Waals surface area contributed by atoms with Crippen LogP contribution >= 0.6 is 11.3 Å². The molecule has 2 amide bonds. The fourth-order valence-electron chi connectivity index (χ4n) is 2.64. The maximum absolute atomic E-state index is 12.2. The molecule has 0 radical (unpaired) electrons. The van der Waals surface area contributed by atoms with Crippen LogP contribution in [0, 0.1) is 0 Å². The molecule has 3 rings (SSSR count). The van der Waals surface area contributed by atoms with Crippen LogP contribution in [-0.4, -0.2) is 37.2 Å². The van der Waals surface area contributed by atoms with Gasteiger partial charge in [-0.1, -0.05) is 0 Å². The topological polar surface area (TPSA) is 41.6 Å². The molecule has 1 saturated heterocycles. The molecule has 1 atom stereocenters. The first-order valence-corrected chi connectivity index (χ1v) is 7.42. The monoisotopic (exact) mass is 266 g/mol. The Kier molecular flexibility index (Phi) is 3.52. The van der Waals surface area contributed by atoms with Crippen molar-refractivity contribution in [1.82, 2.24) is 10.2 Å². The van der Waals surface area contributed by atoms with Gasteiger partial charge in [0.15, 0.2) is 0 Å². The summed E-state index contributed by atoms with van der Waals surface area (Å²) in [6, 6.07) is 2.42. The molecule has 1 fully saturated rings. The fourth-order valence-corrected chi connectivity index (χ4v) is 3.63. The molecule has 98 valence electrons. The van der Waals surface area contributed by atoms with Gasteiger partial charge >= 0.3 is 6.03 Å². The van der Waals surface area contributed by atoms with Gasteiger partial charge in [-0.2, -0.15) is 0 Å². The lowest BCUT2D eigenvalue weighted by molar-refractivity contribution is 0.0523. The smallest absolute Gasteiger partial charge is 0.318 e. The second-order valence-corrected chi connectivity index (χ2v) is 5.79. The lowest BCUT2D eigenvalue weighted by Gasteiger charge is -2.30. The van der Waals surface area contributed by atoms with Gasteiger partial charge in [0.2, 0.25) is 0 Å². The molecule has 4 nitrogen and oxygen atoms in total. The van der Waals surface area contributed by atoms with Gasteiger partial charge in [-0.05, 0) is 36.3 Å². The molecular formula is C13H18N2O2S. The molecule has 1 aliphatic carbocycles. The van der Waals surface area contributed by atoms with Crippen LogP contribution < -0.4 is 5.32 Å². The number of hydrogen-bond acceptors (Lipinski definition) is 3. The van der Waals surface area contributed by atoms with Gasteiger partial charge in [0.05, 0.1) is 19.3 Å². The summed E-state index contributed by atoms with van der Waals surface area (Å²) in [5, 5.41) is 5.30. The number of urea groups is 1. The number of fused-ring (bicyclic) bond motifs is 1. The molecule has 1 unspecified atom stereocenters. The summed E-state index contributed by atoms with van der Waals surface area (Å²) in [6.45, 7) is 2.72. The van der Waals surface area contributed by atoms with Crippen molar-refractivity contribution in [2.75, 3.05) is 26.3 Å². The number of amides is 2. The number of rotatable bonds is 1. The quantitative estimate of drug-likeness (QED) is 0.846. The van der Waals surface area contributed by atoms with Gasteiger partial charge in [-0.25, -0.2) is 4.79 Å². The molecular weight excluding hydrogens is 248 g/mol. The molecule has 2 heterocycles. The Morgan fingerprint density at radius 2 is 2.28 bits per heavy atom. The zero-order valence-electron chi connectivity index (χ0n) is 10.4. The predicted octanol–water partition coefficient (Wildman–Crippen LogP) is 2.17. The third-order valence-electron chi connectivity index (χ3n) is 3.65. The Labute approximate surface area is 111 Å². The summed E-state index contributed by atoms with van der Waals surface area (Å²) < 4.78 is 5.26. The number of aryl methyl sites for hydroxylation is 1. The van der Waals surface area contributed by atoms with Crippen molar-refractivity contribution in [2.24, 2.45) is 0 Å². The Morgan fingerprint density at radius 3 is 3.11 bits per heavy atom. The average molecular weight is 266 g/mol. The summed E-state index contributed by atoms with van der Waals surface area (Å²) in [6.07, 6.45) is 3.39. The van der Waals surface area contributed by atoms with Gasteiger partial charge in [-0.3, -0.25) is 0 Å². The fraction of sp³-hybridized carbons (Fsp3) is 0.615. The minimum atomic E-state index is 0.0577. The van der Waals surface area contributed by atoms with Crippen LogP contribution in [0.5, 0.6) is 0 Å². The maximum Gasteiger partial charge on any atom is 0.318 e. The maximum atomic E-state index is 12.2. The highest BCUT2D eigenvalue weighted by Crippen LogP contribution is 2.33. The van der Waals surface area contributed by atoms with Gasteiger partial charge in [0.1, 0.15) is 0 Å². The summed E-state index contributed by atoms with van der Waals surface area (Å²) in [5.41, 5.74) is 1.33. The van der Waals surface area contributed by atoms with Crippen LogP contribution in [0.1, 0.15) is 29.3 Å². The van der Waals surface area contributed by atoms with E-state index in [4.69, 9.17) is 4.74 Å². The molecule has 0 saturated carbocycles. The van der Waals surface area contributed by atoms with Crippen LogP contribution in [0.2, 0.25) is 0 Å². The molecule has 5 heteroatoms. The van der Waals surface area contributed by atoms with Gasteiger partial charge in [0, 0.05) is 18.0 Å². The summed E-state index contributed by atoms with van der Waals surface area (Å²) in [5.74, 6) is 0. The Hall–Kier alpha value is -1.07. The van der Waals surface area contributed by atoms with E-state index in [9.17, 15) is 4.79 Å². The highest BCUT2D eigenvalue weighted by atomic mass is 32.1. The van der Waals surface area contributed by atoms with Crippen LogP contribution in [0.15, 0.2) is 11.4 Å².